The minimum atomic E-state index is 0.0210. The summed E-state index contributed by atoms with van der Waals surface area (Å²) < 4.78 is 0. The van der Waals surface area contributed by atoms with E-state index in [9.17, 15) is 0 Å². The average molecular weight is 253 g/mol. The van der Waals surface area contributed by atoms with Crippen molar-refractivity contribution in [2.24, 2.45) is 5.73 Å². The van der Waals surface area contributed by atoms with Gasteiger partial charge in [-0.3, -0.25) is 0 Å². The lowest BCUT2D eigenvalue weighted by Gasteiger charge is -2.07. The van der Waals surface area contributed by atoms with Crippen molar-refractivity contribution in [2.45, 2.75) is 33.2 Å². The van der Waals surface area contributed by atoms with Gasteiger partial charge in [-0.2, -0.15) is 0 Å². The van der Waals surface area contributed by atoms with Gasteiger partial charge in [-0.05, 0) is 20.8 Å². The van der Waals surface area contributed by atoms with Crippen molar-refractivity contribution < 1.29 is 0 Å². The second-order valence-electron chi connectivity index (χ2n) is 3.85. The van der Waals surface area contributed by atoms with E-state index in [2.05, 4.69) is 15.3 Å². The number of nitrogens with zero attached hydrogens (tertiary/aromatic N) is 2. The predicted molar refractivity (Wildman–Crippen MR) is 69.1 cm³/mol. The van der Waals surface area contributed by atoms with Gasteiger partial charge in [0.1, 0.15) is 0 Å². The molecule has 2 aromatic heterocycles. The van der Waals surface area contributed by atoms with Crippen LogP contribution in [0.2, 0.25) is 0 Å². The van der Waals surface area contributed by atoms with Crippen LogP contribution in [0, 0.1) is 20.8 Å². The number of aromatic nitrogens is 2. The number of rotatable bonds is 3. The zero-order valence-corrected chi connectivity index (χ0v) is 11.3. The second-order valence-corrected chi connectivity index (χ2v) is 6.15. The molecule has 0 fully saturated rings. The molecule has 86 valence electrons. The van der Waals surface area contributed by atoms with Crippen molar-refractivity contribution >= 4 is 22.7 Å². The molecule has 0 aliphatic carbocycles. The Bertz CT molecular complexity index is 487. The molecule has 0 saturated carbocycles. The number of nitrogens with two attached hydrogens (primary N) is 1. The van der Waals surface area contributed by atoms with E-state index in [1.807, 2.05) is 20.8 Å². The van der Waals surface area contributed by atoms with E-state index < -0.39 is 0 Å². The lowest BCUT2D eigenvalue weighted by Crippen LogP contribution is -2.13. The van der Waals surface area contributed by atoms with Crippen molar-refractivity contribution in [3.05, 3.63) is 31.7 Å². The van der Waals surface area contributed by atoms with Crippen LogP contribution in [0.1, 0.15) is 32.3 Å². The third kappa shape index (κ3) is 2.48. The number of hydrogen-bond donors (Lipinski definition) is 1. The van der Waals surface area contributed by atoms with Crippen LogP contribution in [0.5, 0.6) is 0 Å². The summed E-state index contributed by atoms with van der Waals surface area (Å²) in [6.45, 7) is 6.05. The summed E-state index contributed by atoms with van der Waals surface area (Å²) in [5.74, 6) is 0. The van der Waals surface area contributed by atoms with Gasteiger partial charge in [-0.15, -0.1) is 22.7 Å². The Kier molecular flexibility index (Phi) is 3.37. The third-order valence-electron chi connectivity index (χ3n) is 2.37. The van der Waals surface area contributed by atoms with E-state index in [1.165, 1.54) is 4.88 Å². The second kappa shape index (κ2) is 4.61. The first-order valence-electron chi connectivity index (χ1n) is 5.16. The molecular weight excluding hydrogens is 238 g/mol. The van der Waals surface area contributed by atoms with Crippen LogP contribution >= 0.6 is 22.7 Å². The summed E-state index contributed by atoms with van der Waals surface area (Å²) in [5.41, 5.74) is 8.33. The first-order valence-corrected chi connectivity index (χ1v) is 6.86. The van der Waals surface area contributed by atoms with Gasteiger partial charge >= 0.3 is 0 Å². The molecule has 1 unspecified atom stereocenters. The Morgan fingerprint density at radius 1 is 1.25 bits per heavy atom. The number of thiazole rings is 2. The largest absolute Gasteiger partial charge is 0.323 e. The highest BCUT2D eigenvalue weighted by Gasteiger charge is 2.15. The van der Waals surface area contributed by atoms with Crippen LogP contribution < -0.4 is 5.73 Å². The lowest BCUT2D eigenvalue weighted by molar-refractivity contribution is 0.715. The van der Waals surface area contributed by atoms with E-state index in [1.54, 1.807) is 22.7 Å². The van der Waals surface area contributed by atoms with Gasteiger partial charge < -0.3 is 5.73 Å². The van der Waals surface area contributed by atoms with E-state index >= 15 is 0 Å². The molecule has 2 heterocycles. The van der Waals surface area contributed by atoms with Crippen molar-refractivity contribution in [3.63, 3.8) is 0 Å². The van der Waals surface area contributed by atoms with Crippen LogP contribution in [-0.2, 0) is 6.42 Å². The summed E-state index contributed by atoms with van der Waals surface area (Å²) in [6, 6.07) is 0.0210. The molecule has 0 aromatic carbocycles. The first-order chi connectivity index (χ1) is 7.56. The highest BCUT2D eigenvalue weighted by Crippen LogP contribution is 2.26. The molecule has 2 rings (SSSR count). The standard InChI is InChI=1S/C11H15N3S2/c1-6-11(16-8(3)13-6)10(12)4-9-5-15-7(2)14-9/h5,10H,4,12H2,1-3H3. The molecule has 16 heavy (non-hydrogen) atoms. The Hall–Kier alpha value is -0.780. The van der Waals surface area contributed by atoms with Gasteiger partial charge in [0, 0.05) is 22.7 Å². The highest BCUT2D eigenvalue weighted by molar-refractivity contribution is 7.11. The quantitative estimate of drug-likeness (QED) is 0.915. The molecule has 0 aliphatic rings. The monoisotopic (exact) mass is 253 g/mol. The topological polar surface area (TPSA) is 51.8 Å². The van der Waals surface area contributed by atoms with Crippen LogP contribution in [-0.4, -0.2) is 9.97 Å². The zero-order chi connectivity index (χ0) is 11.7. The van der Waals surface area contributed by atoms with E-state index in [0.29, 0.717) is 0 Å². The Balaban J connectivity index is 2.14. The smallest absolute Gasteiger partial charge is 0.0900 e. The van der Waals surface area contributed by atoms with Crippen LogP contribution in [0.25, 0.3) is 0 Å². The molecular formula is C11H15N3S2. The normalized spacial score (nSPS) is 13.0. The van der Waals surface area contributed by atoms with Crippen molar-refractivity contribution in [1.29, 1.82) is 0 Å². The fourth-order valence-electron chi connectivity index (χ4n) is 1.71. The Morgan fingerprint density at radius 3 is 2.50 bits per heavy atom. The highest BCUT2D eigenvalue weighted by atomic mass is 32.1. The van der Waals surface area contributed by atoms with Crippen LogP contribution in [0.3, 0.4) is 0 Å². The van der Waals surface area contributed by atoms with Gasteiger partial charge in [0.05, 0.1) is 21.4 Å². The fraction of sp³-hybridized carbons (Fsp3) is 0.455. The minimum Gasteiger partial charge on any atom is -0.323 e. The maximum atomic E-state index is 6.19. The summed E-state index contributed by atoms with van der Waals surface area (Å²) in [5, 5.41) is 4.26. The van der Waals surface area contributed by atoms with Crippen LogP contribution in [0.4, 0.5) is 0 Å². The Morgan fingerprint density at radius 2 is 2.00 bits per heavy atom. The average Bonchev–Trinajstić information content (AvgIpc) is 2.73. The molecule has 5 heteroatoms. The van der Waals surface area contributed by atoms with Gasteiger partial charge in [-0.1, -0.05) is 0 Å². The van der Waals surface area contributed by atoms with Crippen molar-refractivity contribution in [1.82, 2.24) is 9.97 Å². The van der Waals surface area contributed by atoms with E-state index in [0.717, 1.165) is 27.8 Å². The predicted octanol–water partition coefficient (Wildman–Crippen LogP) is 2.77. The summed E-state index contributed by atoms with van der Waals surface area (Å²) in [7, 11) is 0. The first kappa shape index (κ1) is 11.7. The number of hydrogen-bond acceptors (Lipinski definition) is 5. The lowest BCUT2D eigenvalue weighted by atomic mass is 10.1. The molecule has 0 radical (unpaired) electrons. The summed E-state index contributed by atoms with van der Waals surface area (Å²) in [4.78, 5) is 10.0. The van der Waals surface area contributed by atoms with Crippen molar-refractivity contribution in [2.75, 3.05) is 0 Å². The van der Waals surface area contributed by atoms with Crippen molar-refractivity contribution in [3.8, 4) is 0 Å². The van der Waals surface area contributed by atoms with E-state index in [-0.39, 0.29) is 6.04 Å². The van der Waals surface area contributed by atoms with Crippen LogP contribution in [0.15, 0.2) is 5.38 Å². The molecule has 0 bridgehead atoms. The molecule has 1 atom stereocenters. The van der Waals surface area contributed by atoms with Gasteiger partial charge in [-0.25, -0.2) is 9.97 Å². The van der Waals surface area contributed by atoms with E-state index in [4.69, 9.17) is 5.73 Å². The summed E-state index contributed by atoms with van der Waals surface area (Å²) in [6.07, 6.45) is 0.798. The van der Waals surface area contributed by atoms with Gasteiger partial charge in [0.15, 0.2) is 0 Å². The van der Waals surface area contributed by atoms with Gasteiger partial charge in [0.25, 0.3) is 0 Å². The molecule has 0 aliphatic heterocycles. The summed E-state index contributed by atoms with van der Waals surface area (Å²) >= 11 is 3.36. The molecule has 3 nitrogen and oxygen atoms in total. The molecule has 0 saturated heterocycles. The SMILES string of the molecule is Cc1nc(CC(N)c2sc(C)nc2C)cs1. The maximum Gasteiger partial charge on any atom is 0.0900 e. The van der Waals surface area contributed by atoms with Gasteiger partial charge in [0.2, 0.25) is 0 Å². The fourth-order valence-corrected chi connectivity index (χ4v) is 3.27. The number of aryl methyl sites for hydroxylation is 3. The molecule has 2 aromatic rings. The molecule has 2 N–H and O–H groups in total. The zero-order valence-electron chi connectivity index (χ0n) is 9.65. The molecule has 0 amide bonds. The maximum absolute atomic E-state index is 6.19. The molecule has 0 spiro atoms. The minimum absolute atomic E-state index is 0.0210. The third-order valence-corrected chi connectivity index (χ3v) is 4.40. The Labute approximate surface area is 103 Å².